The summed E-state index contributed by atoms with van der Waals surface area (Å²) in [5.74, 6) is 2.30. The summed E-state index contributed by atoms with van der Waals surface area (Å²) in [6.45, 7) is 15.8. The van der Waals surface area contributed by atoms with Gasteiger partial charge in [-0.25, -0.2) is 0 Å². The van der Waals surface area contributed by atoms with E-state index < -0.39 is 0 Å². The van der Waals surface area contributed by atoms with Crippen LogP contribution in [0.3, 0.4) is 0 Å². The van der Waals surface area contributed by atoms with Crippen LogP contribution in [0.1, 0.15) is 74.1 Å². The van der Waals surface area contributed by atoms with E-state index in [-0.39, 0.29) is 5.54 Å². The molecule has 0 amide bonds. The van der Waals surface area contributed by atoms with E-state index in [9.17, 15) is 0 Å². The van der Waals surface area contributed by atoms with Gasteiger partial charge >= 0.3 is 0 Å². The maximum absolute atomic E-state index is 4.71. The average Bonchev–Trinajstić information content (AvgIpc) is 2.24. The molecule has 102 valence electrons. The van der Waals surface area contributed by atoms with Gasteiger partial charge in [-0.2, -0.15) is 0 Å². The van der Waals surface area contributed by atoms with E-state index in [1.165, 1.54) is 25.7 Å². The second kappa shape index (κ2) is 7.89. The van der Waals surface area contributed by atoms with Crippen molar-refractivity contribution in [2.45, 2.75) is 79.7 Å². The zero-order valence-corrected chi connectivity index (χ0v) is 13.1. The summed E-state index contributed by atoms with van der Waals surface area (Å²) >= 11 is 0. The Morgan fingerprint density at radius 1 is 0.941 bits per heavy atom. The first-order chi connectivity index (χ1) is 7.78. The minimum absolute atomic E-state index is 0.0726. The normalized spacial score (nSPS) is 18.3. The fourth-order valence-electron chi connectivity index (χ4n) is 1.91. The van der Waals surface area contributed by atoms with E-state index in [1.807, 2.05) is 0 Å². The Labute approximate surface area is 109 Å². The Morgan fingerprint density at radius 2 is 1.35 bits per heavy atom. The Balaban J connectivity index is 4.45. The molecule has 0 radical (unpaired) electrons. The highest BCUT2D eigenvalue weighted by Gasteiger charge is 2.15. The number of aliphatic imine (C=N–C) groups is 1. The second-order valence-electron chi connectivity index (χ2n) is 6.71. The van der Waals surface area contributed by atoms with Crippen LogP contribution in [0.2, 0.25) is 0 Å². The summed E-state index contributed by atoms with van der Waals surface area (Å²) in [4.78, 5) is 4.71. The zero-order chi connectivity index (χ0) is 13.5. The van der Waals surface area contributed by atoms with Gasteiger partial charge in [0.1, 0.15) is 0 Å². The lowest BCUT2D eigenvalue weighted by atomic mass is 9.87. The lowest BCUT2D eigenvalue weighted by molar-refractivity contribution is 0.379. The van der Waals surface area contributed by atoms with Crippen molar-refractivity contribution in [3.8, 4) is 0 Å². The predicted molar refractivity (Wildman–Crippen MR) is 79.9 cm³/mol. The zero-order valence-electron chi connectivity index (χ0n) is 13.1. The molecule has 0 bridgehead atoms. The molecule has 0 aromatic carbocycles. The van der Waals surface area contributed by atoms with Crippen LogP contribution >= 0.6 is 0 Å². The van der Waals surface area contributed by atoms with E-state index in [0.717, 1.165) is 11.8 Å². The fourth-order valence-corrected chi connectivity index (χ4v) is 1.91. The number of hydrogen-bond acceptors (Lipinski definition) is 1. The van der Waals surface area contributed by atoms with Crippen molar-refractivity contribution in [1.82, 2.24) is 0 Å². The van der Waals surface area contributed by atoms with Crippen LogP contribution in [-0.2, 0) is 0 Å². The van der Waals surface area contributed by atoms with Gasteiger partial charge in [-0.3, -0.25) is 4.99 Å². The molecule has 0 aromatic rings. The first-order valence-electron chi connectivity index (χ1n) is 7.33. The van der Waals surface area contributed by atoms with Crippen LogP contribution in [0.15, 0.2) is 4.99 Å². The van der Waals surface area contributed by atoms with Gasteiger partial charge in [-0.05, 0) is 51.4 Å². The molecule has 0 saturated carbocycles. The Hall–Kier alpha value is -0.330. The molecule has 2 unspecified atom stereocenters. The molecular weight excluding hydrogens is 206 g/mol. The quantitative estimate of drug-likeness (QED) is 0.531. The highest BCUT2D eigenvalue weighted by molar-refractivity contribution is 5.61. The Morgan fingerprint density at radius 3 is 1.65 bits per heavy atom. The smallest absolute Gasteiger partial charge is 0.0520 e. The van der Waals surface area contributed by atoms with Gasteiger partial charge < -0.3 is 0 Å². The molecule has 0 heterocycles. The summed E-state index contributed by atoms with van der Waals surface area (Å²) in [6, 6.07) is 0. The number of rotatable bonds is 7. The molecule has 2 atom stereocenters. The highest BCUT2D eigenvalue weighted by Crippen LogP contribution is 2.23. The van der Waals surface area contributed by atoms with Crippen LogP contribution in [0.25, 0.3) is 0 Å². The van der Waals surface area contributed by atoms with Crippen molar-refractivity contribution in [2.24, 2.45) is 22.7 Å². The Kier molecular flexibility index (Phi) is 7.74. The maximum atomic E-state index is 4.71. The third-order valence-corrected chi connectivity index (χ3v) is 3.48. The van der Waals surface area contributed by atoms with Gasteiger partial charge in [-0.15, -0.1) is 0 Å². The molecule has 1 heteroatoms. The summed E-state index contributed by atoms with van der Waals surface area (Å²) in [5, 5.41) is 0. The minimum Gasteiger partial charge on any atom is -0.291 e. The highest BCUT2D eigenvalue weighted by atomic mass is 14.8. The van der Waals surface area contributed by atoms with Crippen molar-refractivity contribution < 1.29 is 0 Å². The van der Waals surface area contributed by atoms with Crippen molar-refractivity contribution in [3.05, 3.63) is 0 Å². The van der Waals surface area contributed by atoms with E-state index in [0.29, 0.717) is 5.92 Å². The van der Waals surface area contributed by atoms with Crippen molar-refractivity contribution in [2.75, 3.05) is 0 Å². The standard InChI is InChI=1S/C16H33N/c1-8-13(3)10-15(11-14(4)9-2)12-17-16(5,6)7/h12-15H,8-11H2,1-7H3. The van der Waals surface area contributed by atoms with Gasteiger partial charge in [0.15, 0.2) is 0 Å². The van der Waals surface area contributed by atoms with E-state index in [4.69, 9.17) is 4.99 Å². The number of hydrogen-bond donors (Lipinski definition) is 0. The molecule has 0 aromatic heterocycles. The summed E-state index contributed by atoms with van der Waals surface area (Å²) in [6.07, 6.45) is 7.37. The van der Waals surface area contributed by atoms with Gasteiger partial charge in [0, 0.05) is 6.21 Å². The van der Waals surface area contributed by atoms with Crippen molar-refractivity contribution in [3.63, 3.8) is 0 Å². The van der Waals surface area contributed by atoms with Crippen LogP contribution < -0.4 is 0 Å². The van der Waals surface area contributed by atoms with Gasteiger partial charge in [0.25, 0.3) is 0 Å². The van der Waals surface area contributed by atoms with Crippen LogP contribution in [0.5, 0.6) is 0 Å². The molecule has 17 heavy (non-hydrogen) atoms. The molecule has 0 spiro atoms. The molecular formula is C16H33N. The van der Waals surface area contributed by atoms with Crippen LogP contribution in [0, 0.1) is 17.8 Å². The third kappa shape index (κ3) is 9.38. The second-order valence-corrected chi connectivity index (χ2v) is 6.71. The third-order valence-electron chi connectivity index (χ3n) is 3.48. The molecule has 1 nitrogen and oxygen atoms in total. The monoisotopic (exact) mass is 239 g/mol. The van der Waals surface area contributed by atoms with Gasteiger partial charge in [-0.1, -0.05) is 40.5 Å². The average molecular weight is 239 g/mol. The molecule has 0 fully saturated rings. The summed E-state index contributed by atoms with van der Waals surface area (Å²) < 4.78 is 0. The minimum atomic E-state index is 0.0726. The molecule has 0 aliphatic carbocycles. The van der Waals surface area contributed by atoms with E-state index >= 15 is 0 Å². The van der Waals surface area contributed by atoms with Crippen molar-refractivity contribution in [1.29, 1.82) is 0 Å². The SMILES string of the molecule is CCC(C)CC(C=NC(C)(C)C)CC(C)CC. The molecule has 0 aliphatic heterocycles. The predicted octanol–water partition coefficient (Wildman–Crippen LogP) is 5.34. The first-order valence-corrected chi connectivity index (χ1v) is 7.33. The molecule has 0 N–H and O–H groups in total. The molecule has 0 rings (SSSR count). The summed E-state index contributed by atoms with van der Waals surface area (Å²) in [5.41, 5.74) is 0.0726. The molecule has 0 aliphatic rings. The maximum Gasteiger partial charge on any atom is 0.0520 e. The lowest BCUT2D eigenvalue weighted by Crippen LogP contribution is -2.16. The topological polar surface area (TPSA) is 12.4 Å². The first kappa shape index (κ1) is 16.7. The van der Waals surface area contributed by atoms with Gasteiger partial charge in [0.05, 0.1) is 5.54 Å². The van der Waals surface area contributed by atoms with E-state index in [2.05, 4.69) is 54.7 Å². The summed E-state index contributed by atoms with van der Waals surface area (Å²) in [7, 11) is 0. The molecule has 0 saturated heterocycles. The number of nitrogens with zero attached hydrogens (tertiary/aromatic N) is 1. The van der Waals surface area contributed by atoms with Crippen LogP contribution in [-0.4, -0.2) is 11.8 Å². The van der Waals surface area contributed by atoms with Crippen molar-refractivity contribution >= 4 is 6.21 Å². The largest absolute Gasteiger partial charge is 0.291 e. The van der Waals surface area contributed by atoms with Gasteiger partial charge in [0.2, 0.25) is 0 Å². The lowest BCUT2D eigenvalue weighted by Gasteiger charge is -2.21. The van der Waals surface area contributed by atoms with Crippen LogP contribution in [0.4, 0.5) is 0 Å². The fraction of sp³-hybridized carbons (Fsp3) is 0.938. The Bertz CT molecular complexity index is 200. The van der Waals surface area contributed by atoms with E-state index in [1.54, 1.807) is 0 Å².